The Labute approximate surface area is 180 Å². The van der Waals surface area contributed by atoms with Gasteiger partial charge < -0.3 is 24.8 Å². The first-order chi connectivity index (χ1) is 14.9. The number of hydrogen-bond acceptors (Lipinski definition) is 7. The van der Waals surface area contributed by atoms with Crippen molar-refractivity contribution in [1.29, 1.82) is 0 Å². The molecule has 2 aliphatic heterocycles. The summed E-state index contributed by atoms with van der Waals surface area (Å²) in [5, 5.41) is 0. The number of nitrogens with two attached hydrogens (primary N) is 1. The summed E-state index contributed by atoms with van der Waals surface area (Å²) in [4.78, 5) is 41.7. The van der Waals surface area contributed by atoms with E-state index in [0.29, 0.717) is 11.3 Å². The summed E-state index contributed by atoms with van der Waals surface area (Å²) in [6.07, 6.45) is 2.95. The first-order valence-electron chi connectivity index (χ1n) is 9.73. The van der Waals surface area contributed by atoms with Gasteiger partial charge >= 0.3 is 11.9 Å². The number of benzene rings is 1. The number of anilines is 1. The van der Waals surface area contributed by atoms with E-state index in [1.165, 1.54) is 17.9 Å². The van der Waals surface area contributed by atoms with Crippen LogP contribution in [0.1, 0.15) is 19.4 Å². The minimum absolute atomic E-state index is 0.0385. The Morgan fingerprint density at radius 3 is 2.48 bits per heavy atom. The third-order valence-electron chi connectivity index (χ3n) is 5.10. The van der Waals surface area contributed by atoms with E-state index in [9.17, 15) is 14.4 Å². The molecule has 8 heteroatoms. The predicted octanol–water partition coefficient (Wildman–Crippen LogP) is 2.22. The molecular weight excluding hydrogens is 400 g/mol. The van der Waals surface area contributed by atoms with Crippen LogP contribution in [0, 0.1) is 0 Å². The smallest absolute Gasteiger partial charge is 0.341 e. The van der Waals surface area contributed by atoms with Gasteiger partial charge in [-0.25, -0.2) is 9.59 Å². The maximum atomic E-state index is 14.0. The lowest BCUT2D eigenvalue weighted by Gasteiger charge is -2.36. The van der Waals surface area contributed by atoms with Gasteiger partial charge in [-0.2, -0.15) is 0 Å². The zero-order valence-corrected chi connectivity index (χ0v) is 17.5. The highest BCUT2D eigenvalue weighted by Crippen LogP contribution is 2.54. The van der Waals surface area contributed by atoms with Gasteiger partial charge in [0.1, 0.15) is 28.9 Å². The molecule has 0 aromatic heterocycles. The number of rotatable bonds is 7. The van der Waals surface area contributed by atoms with Gasteiger partial charge in [0.15, 0.2) is 0 Å². The Bertz CT molecular complexity index is 1040. The van der Waals surface area contributed by atoms with Crippen LogP contribution in [0.2, 0.25) is 0 Å². The first-order valence-corrected chi connectivity index (χ1v) is 9.73. The molecule has 8 nitrogen and oxygen atoms in total. The highest BCUT2D eigenvalue weighted by molar-refractivity contribution is 6.22. The summed E-state index contributed by atoms with van der Waals surface area (Å²) < 4.78 is 16.0. The van der Waals surface area contributed by atoms with Crippen molar-refractivity contribution in [3.63, 3.8) is 0 Å². The molecule has 0 unspecified atom stereocenters. The second-order valence-electron chi connectivity index (χ2n) is 6.85. The zero-order chi connectivity index (χ0) is 22.8. The van der Waals surface area contributed by atoms with Crippen molar-refractivity contribution in [2.24, 2.45) is 5.73 Å². The minimum atomic E-state index is -1.88. The lowest BCUT2D eigenvalue weighted by molar-refractivity contribution is -0.143. The fourth-order valence-corrected chi connectivity index (χ4v) is 4.05. The summed E-state index contributed by atoms with van der Waals surface area (Å²) >= 11 is 0. The van der Waals surface area contributed by atoms with Crippen LogP contribution >= 0.6 is 0 Å². The summed E-state index contributed by atoms with van der Waals surface area (Å²) in [6, 6.07) is 6.86. The molecule has 0 aliphatic carbocycles. The fraction of sp³-hybridized carbons (Fsp3) is 0.261. The van der Waals surface area contributed by atoms with Crippen molar-refractivity contribution in [3.8, 4) is 0 Å². The predicted molar refractivity (Wildman–Crippen MR) is 113 cm³/mol. The van der Waals surface area contributed by atoms with Gasteiger partial charge in [0.2, 0.25) is 11.8 Å². The number of allylic oxidation sites excluding steroid dienone is 1. The molecule has 162 valence electrons. The second-order valence-corrected chi connectivity index (χ2v) is 6.85. The Morgan fingerprint density at radius 2 is 1.84 bits per heavy atom. The van der Waals surface area contributed by atoms with Crippen molar-refractivity contribution in [3.05, 3.63) is 77.9 Å². The average Bonchev–Trinajstić information content (AvgIpc) is 2.96. The molecule has 0 saturated carbocycles. The maximum absolute atomic E-state index is 14.0. The number of ether oxygens (including phenoxy) is 3. The molecule has 0 radical (unpaired) electrons. The number of nitrogens with zero attached hydrogens (tertiary/aromatic N) is 1. The Hall–Kier alpha value is -3.81. The molecule has 1 amide bonds. The van der Waals surface area contributed by atoms with E-state index in [1.54, 1.807) is 37.3 Å². The Kier molecular flexibility index (Phi) is 6.01. The van der Waals surface area contributed by atoms with E-state index in [0.717, 1.165) is 0 Å². The SMILES string of the molecule is C=CCOC(=O)C1=C(C)OC(N)=C(C(=O)OCC)[C@]12C(=O)N(CC=C)c1ccccc12. The van der Waals surface area contributed by atoms with Crippen LogP contribution < -0.4 is 10.6 Å². The number of para-hydroxylation sites is 1. The van der Waals surface area contributed by atoms with E-state index in [-0.39, 0.29) is 42.5 Å². The molecule has 1 atom stereocenters. The number of fused-ring (bicyclic) bond motifs is 2. The quantitative estimate of drug-likeness (QED) is 0.528. The summed E-state index contributed by atoms with van der Waals surface area (Å²) in [6.45, 7) is 10.5. The Balaban J connectivity index is 2.39. The first kappa shape index (κ1) is 21.9. The number of carbonyl (C=O) groups is 3. The van der Waals surface area contributed by atoms with Gasteiger partial charge in [-0.15, -0.1) is 6.58 Å². The van der Waals surface area contributed by atoms with Crippen LogP contribution in [0.25, 0.3) is 0 Å². The van der Waals surface area contributed by atoms with E-state index >= 15 is 0 Å². The third-order valence-corrected chi connectivity index (χ3v) is 5.10. The van der Waals surface area contributed by atoms with Gasteiger partial charge in [0, 0.05) is 17.8 Å². The summed E-state index contributed by atoms with van der Waals surface area (Å²) in [5.74, 6) is -2.48. The number of amides is 1. The topological polar surface area (TPSA) is 108 Å². The molecule has 3 rings (SSSR count). The minimum Gasteiger partial charge on any atom is -0.462 e. The molecule has 1 spiro atoms. The third kappa shape index (κ3) is 3.20. The molecule has 0 fully saturated rings. The van der Waals surface area contributed by atoms with Gasteiger partial charge in [-0.1, -0.05) is 36.9 Å². The molecule has 1 aromatic carbocycles. The average molecular weight is 424 g/mol. The van der Waals surface area contributed by atoms with Gasteiger partial charge in [0.05, 0.1) is 6.61 Å². The number of carbonyl (C=O) groups excluding carboxylic acids is 3. The van der Waals surface area contributed by atoms with Gasteiger partial charge in [-0.3, -0.25) is 4.79 Å². The van der Waals surface area contributed by atoms with Crippen molar-refractivity contribution < 1.29 is 28.6 Å². The van der Waals surface area contributed by atoms with Crippen LogP contribution in [-0.4, -0.2) is 37.6 Å². The summed E-state index contributed by atoms with van der Waals surface area (Å²) in [5.41, 5.74) is 4.78. The van der Waals surface area contributed by atoms with E-state index in [2.05, 4.69) is 13.2 Å². The molecule has 0 saturated heterocycles. The van der Waals surface area contributed by atoms with E-state index < -0.39 is 23.3 Å². The lowest BCUT2D eigenvalue weighted by Crippen LogP contribution is -2.51. The standard InChI is InChI=1S/C23H24N2O6/c1-5-12-25-16-11-9-8-10-15(16)23(22(25)28)17(20(26)30-13-6-2)14(4)31-19(24)18(23)21(27)29-7-3/h5-6,8-11H,1-2,7,12-13,24H2,3-4H3/t23-/m1/s1. The lowest BCUT2D eigenvalue weighted by atomic mass is 9.67. The van der Waals surface area contributed by atoms with Crippen LogP contribution in [0.4, 0.5) is 5.69 Å². The molecule has 31 heavy (non-hydrogen) atoms. The van der Waals surface area contributed by atoms with Crippen molar-refractivity contribution in [1.82, 2.24) is 0 Å². The second kappa shape index (κ2) is 8.51. The van der Waals surface area contributed by atoms with Crippen molar-refractivity contribution >= 4 is 23.5 Å². The van der Waals surface area contributed by atoms with Gasteiger partial charge in [0.25, 0.3) is 0 Å². The monoisotopic (exact) mass is 424 g/mol. The zero-order valence-electron chi connectivity index (χ0n) is 17.5. The van der Waals surface area contributed by atoms with Crippen molar-refractivity contribution in [2.75, 3.05) is 24.7 Å². The molecule has 1 aromatic rings. The highest BCUT2D eigenvalue weighted by atomic mass is 16.5. The largest absolute Gasteiger partial charge is 0.462 e. The molecule has 2 N–H and O–H groups in total. The Morgan fingerprint density at radius 1 is 1.16 bits per heavy atom. The molecule has 2 aliphatic rings. The number of esters is 2. The maximum Gasteiger partial charge on any atom is 0.341 e. The van der Waals surface area contributed by atoms with Crippen LogP contribution in [0.3, 0.4) is 0 Å². The number of hydrogen-bond donors (Lipinski definition) is 1. The molecular formula is C23H24N2O6. The van der Waals surface area contributed by atoms with Crippen LogP contribution in [0.5, 0.6) is 0 Å². The summed E-state index contributed by atoms with van der Waals surface area (Å²) in [7, 11) is 0. The molecule has 2 heterocycles. The highest BCUT2D eigenvalue weighted by Gasteiger charge is 2.63. The molecule has 0 bridgehead atoms. The van der Waals surface area contributed by atoms with Crippen LogP contribution in [0.15, 0.2) is 72.4 Å². The van der Waals surface area contributed by atoms with Crippen molar-refractivity contribution in [2.45, 2.75) is 19.3 Å². The van der Waals surface area contributed by atoms with Crippen LogP contribution in [-0.2, 0) is 34.0 Å². The fourth-order valence-electron chi connectivity index (χ4n) is 4.05. The normalized spacial score (nSPS) is 19.8. The van der Waals surface area contributed by atoms with E-state index in [4.69, 9.17) is 19.9 Å². The van der Waals surface area contributed by atoms with E-state index in [1.807, 2.05) is 0 Å². The van der Waals surface area contributed by atoms with Gasteiger partial charge in [-0.05, 0) is 19.9 Å².